The van der Waals surface area contributed by atoms with Crippen LogP contribution in [0.15, 0.2) is 33.7 Å². The number of amides is 1. The van der Waals surface area contributed by atoms with Gasteiger partial charge in [0.25, 0.3) is 0 Å². The average Bonchev–Trinajstić information content (AvgIpc) is 3.70. The summed E-state index contributed by atoms with van der Waals surface area (Å²) in [4.78, 5) is 90.0. The molecule has 2 aliphatic heterocycles. The van der Waals surface area contributed by atoms with Gasteiger partial charge < -0.3 is 59.8 Å². The Morgan fingerprint density at radius 2 is 1.76 bits per heavy atom. The fraction of sp³-hybridized carbons (Fsp3) is 0.579. The minimum absolute atomic E-state index is 0.00554. The van der Waals surface area contributed by atoms with E-state index in [1.807, 2.05) is 12.1 Å². The van der Waals surface area contributed by atoms with Gasteiger partial charge in [-0.05, 0) is 70.1 Å². The van der Waals surface area contributed by atoms with E-state index >= 15 is 0 Å². The quantitative estimate of drug-likeness (QED) is 0.0273. The lowest BCUT2D eigenvalue weighted by Gasteiger charge is -2.47. The molecule has 0 radical (unpaired) electrons. The van der Waals surface area contributed by atoms with Gasteiger partial charge in [0.05, 0.1) is 13.2 Å². The molecular weight excluding hydrogens is 870 g/mol. The molecule has 1 saturated heterocycles. The maximum atomic E-state index is 12.9. The zero-order valence-electron chi connectivity index (χ0n) is 35.2. The number of anilines is 3. The third kappa shape index (κ3) is 11.6. The number of esters is 1. The molecule has 23 nitrogen and oxygen atoms in total. The fourth-order valence-electron chi connectivity index (χ4n) is 8.21. The molecule has 63 heavy (non-hydrogen) atoms. The van der Waals surface area contributed by atoms with E-state index in [1.165, 1.54) is 10.6 Å². The number of aliphatic hydroxyl groups excluding tert-OH is 1. The number of rotatable bonds is 20. The predicted molar refractivity (Wildman–Crippen MR) is 227 cm³/mol. The number of hydrogen-bond acceptors (Lipinski definition) is 17. The van der Waals surface area contributed by atoms with Gasteiger partial charge >= 0.3 is 27.2 Å². The van der Waals surface area contributed by atoms with Gasteiger partial charge in [0.1, 0.15) is 35.8 Å². The number of nitrogens with zero attached hydrogens (tertiary/aromatic N) is 5. The molecule has 0 spiro atoms. The highest BCUT2D eigenvalue weighted by Gasteiger charge is 2.50. The smallest absolute Gasteiger partial charge is 0.462 e. The molecule has 2 aliphatic rings. The molecule has 1 aromatic carbocycles. The summed E-state index contributed by atoms with van der Waals surface area (Å²) in [6.45, 7) is 8.80. The predicted octanol–water partition coefficient (Wildman–Crippen LogP) is 3.20. The zero-order chi connectivity index (χ0) is 45.9. The number of nitrogens with two attached hydrogens (primary N) is 1. The lowest BCUT2D eigenvalue weighted by molar-refractivity contribution is -0.121. The number of aromatic nitrogens is 4. The highest BCUT2D eigenvalue weighted by atomic mass is 31.2. The van der Waals surface area contributed by atoms with Crippen molar-refractivity contribution in [2.45, 2.75) is 109 Å². The molecule has 6 rings (SSSR count). The third-order valence-corrected chi connectivity index (χ3v) is 12.0. The van der Waals surface area contributed by atoms with Gasteiger partial charge in [0.2, 0.25) is 11.9 Å². The fourth-order valence-corrected chi connectivity index (χ4v) is 9.13. The van der Waals surface area contributed by atoms with E-state index in [0.29, 0.717) is 49.9 Å². The van der Waals surface area contributed by atoms with Crippen molar-refractivity contribution in [1.29, 1.82) is 0 Å². The second-order valence-electron chi connectivity index (χ2n) is 16.1. The maximum Gasteiger partial charge on any atom is 0.470 e. The Balaban J connectivity index is 0.985. The summed E-state index contributed by atoms with van der Waals surface area (Å²) < 4.78 is 50.0. The molecule has 1 unspecified atom stereocenters. The van der Waals surface area contributed by atoms with Gasteiger partial charge in [-0.25, -0.2) is 33.7 Å². The van der Waals surface area contributed by atoms with E-state index in [9.17, 15) is 48.2 Å². The second kappa shape index (κ2) is 19.7. The minimum Gasteiger partial charge on any atom is -0.462 e. The molecular formula is C38H54N8O15P2. The highest BCUT2D eigenvalue weighted by Crippen LogP contribution is 2.47. The van der Waals surface area contributed by atoms with Crippen LogP contribution in [0.1, 0.15) is 101 Å². The zero-order valence-corrected chi connectivity index (χ0v) is 37.0. The van der Waals surface area contributed by atoms with Crippen LogP contribution in [0.25, 0.3) is 22.1 Å². The molecule has 0 bridgehead atoms. The van der Waals surface area contributed by atoms with Crippen LogP contribution < -0.4 is 26.9 Å². The van der Waals surface area contributed by atoms with E-state index in [0.717, 1.165) is 43.3 Å². The molecule has 25 heteroatoms. The summed E-state index contributed by atoms with van der Waals surface area (Å²) in [5.41, 5.74) is 7.46. The van der Waals surface area contributed by atoms with Crippen LogP contribution in [0.4, 0.5) is 17.5 Å². The van der Waals surface area contributed by atoms with E-state index in [2.05, 4.69) is 55.8 Å². The van der Waals surface area contributed by atoms with Crippen LogP contribution in [0.3, 0.4) is 0 Å². The van der Waals surface area contributed by atoms with Gasteiger partial charge in [-0.3, -0.25) is 18.4 Å². The van der Waals surface area contributed by atoms with Crippen molar-refractivity contribution in [2.24, 2.45) is 0 Å². The largest absolute Gasteiger partial charge is 0.470 e. The number of benzene rings is 1. The molecule has 4 aromatic rings. The number of phosphoric acid groups is 2. The van der Waals surface area contributed by atoms with E-state index in [4.69, 9.17) is 24.1 Å². The SMILES string of the molecule is CCOC(=O)c1cc2cc3c(cc2oc1=O)N(CCCC(=O)NCCCCCCNc1nc2c(N)ncnc2n1[C@@H]1O[C@H](COP(=O)(O)O)[C@@H](OP(=O)(O)O)[C@H]1O)C(C)(C)CC3C. The number of nitrogens with one attached hydrogen (secondary N) is 2. The first-order valence-electron chi connectivity index (χ1n) is 20.5. The molecule has 9 N–H and O–H groups in total. The van der Waals surface area contributed by atoms with Gasteiger partial charge in [0, 0.05) is 48.7 Å². The summed E-state index contributed by atoms with van der Waals surface area (Å²) in [5, 5.41) is 17.9. The summed E-state index contributed by atoms with van der Waals surface area (Å²) in [6.07, 6.45) is -0.786. The van der Waals surface area contributed by atoms with Gasteiger partial charge in [-0.15, -0.1) is 0 Å². The van der Waals surface area contributed by atoms with Crippen molar-refractivity contribution in [2.75, 3.05) is 48.8 Å². The Morgan fingerprint density at radius 1 is 1.03 bits per heavy atom. The lowest BCUT2D eigenvalue weighted by Crippen LogP contribution is -2.49. The molecule has 5 atom stereocenters. The summed E-state index contributed by atoms with van der Waals surface area (Å²) in [7, 11) is -10.3. The molecule has 0 saturated carbocycles. The number of fused-ring (bicyclic) bond motifs is 3. The van der Waals surface area contributed by atoms with E-state index < -0.39 is 58.4 Å². The maximum absolute atomic E-state index is 12.9. The average molecular weight is 925 g/mol. The monoisotopic (exact) mass is 924 g/mol. The minimum atomic E-state index is -5.22. The Bertz CT molecular complexity index is 2450. The molecule has 0 aliphatic carbocycles. The number of phosphoric ester groups is 2. The molecule has 1 fully saturated rings. The van der Waals surface area contributed by atoms with Crippen LogP contribution >= 0.6 is 15.6 Å². The van der Waals surface area contributed by atoms with Crippen molar-refractivity contribution < 1.29 is 66.3 Å². The second-order valence-corrected chi connectivity index (χ2v) is 18.6. The number of imidazole rings is 1. The number of carbonyl (C=O) groups is 2. The van der Waals surface area contributed by atoms with Crippen molar-refractivity contribution in [3.05, 3.63) is 46.1 Å². The Kier molecular flexibility index (Phi) is 15.0. The number of carbonyl (C=O) groups excluding carboxylic acids is 2. The van der Waals surface area contributed by atoms with Crippen LogP contribution in [0, 0.1) is 0 Å². The number of hydrogen-bond donors (Lipinski definition) is 8. The van der Waals surface area contributed by atoms with Crippen molar-refractivity contribution in [3.63, 3.8) is 0 Å². The van der Waals surface area contributed by atoms with Crippen LogP contribution in [0.5, 0.6) is 0 Å². The number of nitrogen functional groups attached to an aromatic ring is 1. The van der Waals surface area contributed by atoms with E-state index in [-0.39, 0.29) is 52.5 Å². The first-order valence-corrected chi connectivity index (χ1v) is 23.6. The summed E-state index contributed by atoms with van der Waals surface area (Å²) in [6, 6.07) is 5.33. The highest BCUT2D eigenvalue weighted by molar-refractivity contribution is 7.46. The lowest BCUT2D eigenvalue weighted by atomic mass is 9.79. The summed E-state index contributed by atoms with van der Waals surface area (Å²) >= 11 is 0. The van der Waals surface area contributed by atoms with Gasteiger partial charge in [-0.2, -0.15) is 0 Å². The van der Waals surface area contributed by atoms with Crippen LogP contribution in [0.2, 0.25) is 0 Å². The van der Waals surface area contributed by atoms with Crippen molar-refractivity contribution in [1.82, 2.24) is 24.8 Å². The Hall–Kier alpha value is -4.54. The third-order valence-electron chi connectivity index (χ3n) is 11.0. The van der Waals surface area contributed by atoms with Crippen molar-refractivity contribution >= 4 is 67.1 Å². The van der Waals surface area contributed by atoms with Gasteiger partial charge in [0.15, 0.2) is 23.2 Å². The standard InChI is InChI=1S/C38H54N8O15P2/c1-5-57-35(49)24-16-22-15-23-21(2)18-38(3,4)45(25(23)17-26(22)60-36(24)50)14-10-11-28(47)40-12-8-6-7-9-13-41-37-44-29-32(39)42-20-43-33(29)46(37)34-30(48)31(61-63(54,55)56)27(59-34)19-58-62(51,52)53/h15-17,20-21,27,30-31,34,48H,5-14,18-19H2,1-4H3,(H,40,47)(H,41,44)(H2,39,42,43)(H2,51,52,53)(H2,54,55,56)/t21?,27-,30-,31-,34-/m1/s1. The summed E-state index contributed by atoms with van der Waals surface area (Å²) in [5.74, 6) is -0.500. The first kappa shape index (κ1) is 47.9. The number of ether oxygens (including phenoxy) is 2. The topological polar surface area (TPSA) is 333 Å². The van der Waals surface area contributed by atoms with Crippen LogP contribution in [-0.4, -0.2) is 113 Å². The Morgan fingerprint density at radius 3 is 2.46 bits per heavy atom. The number of unbranched alkanes of at least 4 members (excludes halogenated alkanes) is 3. The number of aliphatic hydroxyl groups is 1. The molecule has 346 valence electrons. The van der Waals surface area contributed by atoms with Crippen molar-refractivity contribution in [3.8, 4) is 0 Å². The normalized spacial score (nSPS) is 21.2. The first-order chi connectivity index (χ1) is 29.7. The van der Waals surface area contributed by atoms with E-state index in [1.54, 1.807) is 6.92 Å². The Labute approximate surface area is 361 Å². The molecule has 1 amide bonds. The van der Waals surface area contributed by atoms with Gasteiger partial charge in [-0.1, -0.05) is 19.8 Å². The molecule has 3 aromatic heterocycles. The molecule has 5 heterocycles. The van der Waals surface area contributed by atoms with Crippen LogP contribution in [-0.2, 0) is 32.4 Å².